The summed E-state index contributed by atoms with van der Waals surface area (Å²) in [5.74, 6) is -1.38. The zero-order chi connectivity index (χ0) is 7.28. The van der Waals surface area contributed by atoms with E-state index in [1.165, 1.54) is 0 Å². The Hall–Kier alpha value is 0.290. The minimum absolute atomic E-state index is 0.348. The van der Waals surface area contributed by atoms with E-state index in [4.69, 9.17) is 0 Å². The van der Waals surface area contributed by atoms with Gasteiger partial charge >= 0.3 is 0 Å². The van der Waals surface area contributed by atoms with Crippen LogP contribution in [0.5, 0.6) is 0 Å². The summed E-state index contributed by atoms with van der Waals surface area (Å²) in [6, 6.07) is 0. The van der Waals surface area contributed by atoms with Crippen molar-refractivity contribution in [3.05, 3.63) is 0 Å². The molecule has 0 saturated carbocycles. The molecule has 56 valence electrons. The minimum atomic E-state index is -1.38. The van der Waals surface area contributed by atoms with Gasteiger partial charge in [0.25, 0.3) is 0 Å². The van der Waals surface area contributed by atoms with Gasteiger partial charge in [0.2, 0.25) is 0 Å². The molecule has 0 aromatic rings. The fourth-order valence-electron chi connectivity index (χ4n) is 0.558. The Balaban J connectivity index is 3.16. The first-order valence-electron chi connectivity index (χ1n) is 3.22. The van der Waals surface area contributed by atoms with Crippen molar-refractivity contribution >= 4 is 9.24 Å². The molecular weight excluding hydrogens is 141 g/mol. The molecule has 0 spiro atoms. The van der Waals surface area contributed by atoms with Crippen molar-refractivity contribution in [1.29, 1.82) is 0 Å². The van der Waals surface area contributed by atoms with Crippen LogP contribution in [-0.4, -0.2) is 12.1 Å². The lowest BCUT2D eigenvalue weighted by atomic mass is 10.2. The Labute approximate surface area is 57.2 Å². The lowest BCUT2D eigenvalue weighted by Crippen LogP contribution is -2.09. The number of rotatable bonds is 4. The summed E-state index contributed by atoms with van der Waals surface area (Å²) in [5.41, 5.74) is 0. The van der Waals surface area contributed by atoms with Gasteiger partial charge in [-0.1, -0.05) is 29.0 Å². The molecule has 3 heteroatoms. The molecule has 0 fully saturated rings. The van der Waals surface area contributed by atoms with E-state index < -0.39 is 12.1 Å². The van der Waals surface area contributed by atoms with E-state index in [0.717, 1.165) is 12.8 Å². The summed E-state index contributed by atoms with van der Waals surface area (Å²) >= 11 is 0. The molecule has 0 N–H and O–H groups in total. The number of halogens is 2. The van der Waals surface area contributed by atoms with E-state index >= 15 is 0 Å². The van der Waals surface area contributed by atoms with Crippen LogP contribution in [0.25, 0.3) is 0 Å². The van der Waals surface area contributed by atoms with Crippen LogP contribution >= 0.6 is 9.24 Å². The van der Waals surface area contributed by atoms with E-state index in [1.54, 1.807) is 0 Å². The predicted octanol–water partition coefficient (Wildman–Crippen LogP) is 2.69. The van der Waals surface area contributed by atoms with Crippen LogP contribution in [0.4, 0.5) is 8.78 Å². The lowest BCUT2D eigenvalue weighted by molar-refractivity contribution is 0.218. The first-order chi connectivity index (χ1) is 4.18. The lowest BCUT2D eigenvalue weighted by Gasteiger charge is -2.06. The molecular formula is C6H13F2P. The van der Waals surface area contributed by atoms with E-state index in [9.17, 15) is 8.78 Å². The number of hydrogen-bond donors (Lipinski definition) is 0. The molecule has 0 aliphatic rings. The molecule has 0 aromatic carbocycles. The molecule has 0 bridgehead atoms. The van der Waals surface area contributed by atoms with Gasteiger partial charge in [-0.15, -0.1) is 0 Å². The standard InChI is InChI=1S/C6H13F2P/c1-2-3-4-5(7)6(8)9/h5-6H,2-4,9H2,1H3. The van der Waals surface area contributed by atoms with Crippen molar-refractivity contribution in [2.45, 2.75) is 38.3 Å². The van der Waals surface area contributed by atoms with Crippen LogP contribution in [0.1, 0.15) is 26.2 Å². The van der Waals surface area contributed by atoms with Crippen molar-refractivity contribution < 1.29 is 8.78 Å². The topological polar surface area (TPSA) is 0 Å². The largest absolute Gasteiger partial charge is 0.244 e. The predicted molar refractivity (Wildman–Crippen MR) is 39.0 cm³/mol. The van der Waals surface area contributed by atoms with E-state index in [0.29, 0.717) is 6.42 Å². The summed E-state index contributed by atoms with van der Waals surface area (Å²) in [7, 11) is 1.83. The third kappa shape index (κ3) is 4.77. The highest BCUT2D eigenvalue weighted by atomic mass is 31.0. The first kappa shape index (κ1) is 9.29. The van der Waals surface area contributed by atoms with Crippen LogP contribution in [0.15, 0.2) is 0 Å². The molecule has 3 unspecified atom stereocenters. The second-order valence-electron chi connectivity index (χ2n) is 2.10. The highest BCUT2D eigenvalue weighted by Gasteiger charge is 2.13. The fourth-order valence-corrected chi connectivity index (χ4v) is 0.751. The SMILES string of the molecule is CCCCC(F)C(F)P. The van der Waals surface area contributed by atoms with Crippen molar-refractivity contribution in [2.24, 2.45) is 0 Å². The molecule has 0 aromatic heterocycles. The maximum atomic E-state index is 12.3. The molecule has 0 amide bonds. The summed E-state index contributed by atoms with van der Waals surface area (Å²) < 4.78 is 24.3. The highest BCUT2D eigenvalue weighted by molar-refractivity contribution is 7.17. The summed E-state index contributed by atoms with van der Waals surface area (Å²) in [5, 5.41) is 0. The molecule has 9 heavy (non-hydrogen) atoms. The average molecular weight is 154 g/mol. The van der Waals surface area contributed by atoms with Gasteiger partial charge in [0.1, 0.15) is 12.1 Å². The molecule has 3 atom stereocenters. The quantitative estimate of drug-likeness (QED) is 0.546. The van der Waals surface area contributed by atoms with Gasteiger partial charge < -0.3 is 0 Å². The van der Waals surface area contributed by atoms with Crippen molar-refractivity contribution in [3.63, 3.8) is 0 Å². The Morgan fingerprint density at radius 3 is 2.33 bits per heavy atom. The summed E-state index contributed by atoms with van der Waals surface area (Å²) in [6.07, 6.45) is 0.768. The van der Waals surface area contributed by atoms with Gasteiger partial charge in [-0.05, 0) is 6.42 Å². The summed E-state index contributed by atoms with van der Waals surface area (Å²) in [4.78, 5) is 0. The van der Waals surface area contributed by atoms with E-state index in [-0.39, 0.29) is 0 Å². The van der Waals surface area contributed by atoms with Crippen LogP contribution in [0, 0.1) is 0 Å². The van der Waals surface area contributed by atoms with Crippen LogP contribution in [-0.2, 0) is 0 Å². The van der Waals surface area contributed by atoms with Crippen molar-refractivity contribution in [3.8, 4) is 0 Å². The third-order valence-electron chi connectivity index (χ3n) is 1.18. The van der Waals surface area contributed by atoms with Crippen LogP contribution < -0.4 is 0 Å². The Bertz CT molecular complexity index is 66.1. The molecule has 0 radical (unpaired) electrons. The van der Waals surface area contributed by atoms with Crippen molar-refractivity contribution in [2.75, 3.05) is 0 Å². The van der Waals surface area contributed by atoms with Gasteiger partial charge in [0.05, 0.1) is 0 Å². The smallest absolute Gasteiger partial charge is 0.144 e. The van der Waals surface area contributed by atoms with Gasteiger partial charge in [-0.25, -0.2) is 8.78 Å². The number of alkyl halides is 2. The van der Waals surface area contributed by atoms with E-state index in [1.807, 2.05) is 16.2 Å². The third-order valence-corrected chi connectivity index (χ3v) is 1.60. The zero-order valence-electron chi connectivity index (χ0n) is 5.61. The minimum Gasteiger partial charge on any atom is -0.244 e. The molecule has 0 nitrogen and oxygen atoms in total. The molecule has 0 saturated heterocycles. The second kappa shape index (κ2) is 5.10. The maximum Gasteiger partial charge on any atom is 0.144 e. The maximum absolute atomic E-state index is 12.3. The van der Waals surface area contributed by atoms with E-state index in [2.05, 4.69) is 0 Å². The highest BCUT2D eigenvalue weighted by Crippen LogP contribution is 2.16. The average Bonchev–Trinajstić information content (AvgIpc) is 1.82. The first-order valence-corrected chi connectivity index (χ1v) is 3.89. The zero-order valence-corrected chi connectivity index (χ0v) is 6.76. The van der Waals surface area contributed by atoms with Gasteiger partial charge in [-0.2, -0.15) is 0 Å². The van der Waals surface area contributed by atoms with Crippen molar-refractivity contribution in [1.82, 2.24) is 0 Å². The normalized spacial score (nSPS) is 17.3. The van der Waals surface area contributed by atoms with Gasteiger partial charge in [0, 0.05) is 0 Å². The Kier molecular flexibility index (Phi) is 5.27. The van der Waals surface area contributed by atoms with Gasteiger partial charge in [0.15, 0.2) is 0 Å². The molecule has 0 heterocycles. The van der Waals surface area contributed by atoms with Crippen LogP contribution in [0.2, 0.25) is 0 Å². The number of unbranched alkanes of at least 4 members (excludes halogenated alkanes) is 1. The number of hydrogen-bond acceptors (Lipinski definition) is 0. The molecule has 0 rings (SSSR count). The monoisotopic (exact) mass is 154 g/mol. The van der Waals surface area contributed by atoms with Gasteiger partial charge in [-0.3, -0.25) is 0 Å². The molecule has 0 aliphatic heterocycles. The summed E-state index contributed by atoms with van der Waals surface area (Å²) in [6.45, 7) is 1.96. The van der Waals surface area contributed by atoms with Crippen LogP contribution in [0.3, 0.4) is 0 Å². The Morgan fingerprint density at radius 2 is 2.00 bits per heavy atom. The Morgan fingerprint density at radius 1 is 1.44 bits per heavy atom. The second-order valence-corrected chi connectivity index (χ2v) is 2.74. The fraction of sp³-hybridized carbons (Fsp3) is 1.00. The molecule has 0 aliphatic carbocycles.